The minimum absolute atomic E-state index is 0.0463. The molecule has 1 aliphatic rings. The molecule has 8 heteroatoms. The fourth-order valence-corrected chi connectivity index (χ4v) is 1.69. The quantitative estimate of drug-likeness (QED) is 0.355. The van der Waals surface area contributed by atoms with Crippen LogP contribution >= 0.6 is 0 Å². The molecule has 0 aromatic rings. The number of hydrogen-bond donors (Lipinski definition) is 3. The van der Waals surface area contributed by atoms with Crippen molar-refractivity contribution < 1.29 is 29.0 Å². The van der Waals surface area contributed by atoms with Gasteiger partial charge < -0.3 is 30.0 Å². The highest BCUT2D eigenvalue weighted by molar-refractivity contribution is 5.81. The van der Waals surface area contributed by atoms with Crippen molar-refractivity contribution in [2.75, 3.05) is 33.4 Å². The number of rotatable bonds is 11. The van der Waals surface area contributed by atoms with Crippen molar-refractivity contribution in [3.63, 3.8) is 0 Å². The monoisotopic (exact) mass is 376 g/mol. The zero-order chi connectivity index (χ0) is 20.4. The number of nitrogens with one attached hydrogen (secondary N) is 2. The predicted molar refractivity (Wildman–Crippen MR) is 99.7 cm³/mol. The van der Waals surface area contributed by atoms with E-state index in [1.165, 1.54) is 0 Å². The highest BCUT2D eigenvalue weighted by atomic mass is 16.6. The molecule has 0 aliphatic carbocycles. The number of ether oxygens (including phenoxy) is 2. The molecule has 1 fully saturated rings. The van der Waals surface area contributed by atoms with Crippen molar-refractivity contribution in [3.05, 3.63) is 0 Å². The lowest BCUT2D eigenvalue weighted by Gasteiger charge is -2.18. The molecule has 0 spiro atoms. The standard InChI is InChI=1S/C12H26N2O2.C3H4O2.C3H6O2/c1-9(2)7-11(13-4)12(16)14-6-5-10(3)8-15;4-1-3-2-5-3;1-2-5-3-4/h9-11,13,15H,5-8H2,1-4H3,(H,14,16);1,3H,2H2;3H,2H2,1H3. The average Bonchev–Trinajstić information content (AvgIpc) is 3.45. The van der Waals surface area contributed by atoms with E-state index < -0.39 is 0 Å². The molecular formula is C18H36N2O6. The van der Waals surface area contributed by atoms with E-state index in [4.69, 9.17) is 5.11 Å². The number of carbonyl (C=O) groups is 3. The van der Waals surface area contributed by atoms with E-state index in [0.717, 1.165) is 19.1 Å². The van der Waals surface area contributed by atoms with Crippen LogP contribution in [0, 0.1) is 11.8 Å². The molecule has 3 atom stereocenters. The summed E-state index contributed by atoms with van der Waals surface area (Å²) in [4.78, 5) is 30.4. The van der Waals surface area contributed by atoms with Crippen LogP contribution in [-0.2, 0) is 23.9 Å². The fourth-order valence-electron chi connectivity index (χ4n) is 1.69. The van der Waals surface area contributed by atoms with Crippen LogP contribution in [0.4, 0.5) is 0 Å². The molecule has 1 saturated heterocycles. The lowest BCUT2D eigenvalue weighted by molar-refractivity contribution is -0.128. The Hall–Kier alpha value is -1.51. The maximum Gasteiger partial charge on any atom is 0.293 e. The number of likely N-dealkylation sites (N-methyl/N-ethyl adjacent to an activating group) is 1. The van der Waals surface area contributed by atoms with Crippen molar-refractivity contribution in [1.82, 2.24) is 10.6 Å². The van der Waals surface area contributed by atoms with Crippen molar-refractivity contribution >= 4 is 18.7 Å². The van der Waals surface area contributed by atoms with Crippen LogP contribution in [0.15, 0.2) is 0 Å². The molecule has 0 radical (unpaired) electrons. The number of amides is 1. The molecule has 3 unspecified atom stereocenters. The third kappa shape index (κ3) is 18.8. The molecule has 1 heterocycles. The summed E-state index contributed by atoms with van der Waals surface area (Å²) in [7, 11) is 1.81. The normalized spacial score (nSPS) is 16.8. The molecule has 8 nitrogen and oxygen atoms in total. The third-order valence-electron chi connectivity index (χ3n) is 3.37. The number of aliphatic hydroxyl groups excluding tert-OH is 1. The summed E-state index contributed by atoms with van der Waals surface area (Å²) in [6, 6.07) is -0.107. The molecule has 26 heavy (non-hydrogen) atoms. The SMILES string of the molecule is CCOC=O.CNC(CC(C)C)C(=O)NCCC(C)CO.O=CC1CO1. The van der Waals surface area contributed by atoms with Crippen LogP contribution in [-0.4, -0.2) is 69.3 Å². The highest BCUT2D eigenvalue weighted by Crippen LogP contribution is 2.05. The van der Waals surface area contributed by atoms with Crippen molar-refractivity contribution in [2.45, 2.75) is 52.7 Å². The van der Waals surface area contributed by atoms with Crippen molar-refractivity contribution in [2.24, 2.45) is 11.8 Å². The summed E-state index contributed by atoms with van der Waals surface area (Å²) < 4.78 is 8.64. The second kappa shape index (κ2) is 18.3. The van der Waals surface area contributed by atoms with Gasteiger partial charge in [0.2, 0.25) is 5.91 Å². The van der Waals surface area contributed by atoms with E-state index in [1.807, 2.05) is 14.0 Å². The van der Waals surface area contributed by atoms with Gasteiger partial charge in [-0.25, -0.2) is 0 Å². The molecule has 0 bridgehead atoms. The number of epoxide rings is 1. The topological polar surface area (TPSA) is 117 Å². The third-order valence-corrected chi connectivity index (χ3v) is 3.37. The zero-order valence-electron chi connectivity index (χ0n) is 16.7. The lowest BCUT2D eigenvalue weighted by atomic mass is 10.0. The van der Waals surface area contributed by atoms with E-state index in [0.29, 0.717) is 32.1 Å². The van der Waals surface area contributed by atoms with Gasteiger partial charge >= 0.3 is 0 Å². The molecule has 1 amide bonds. The molecule has 0 aromatic heterocycles. The van der Waals surface area contributed by atoms with Crippen LogP contribution in [0.5, 0.6) is 0 Å². The smallest absolute Gasteiger partial charge is 0.293 e. The van der Waals surface area contributed by atoms with E-state index in [1.54, 1.807) is 6.92 Å². The Labute approximate surface area is 157 Å². The number of carbonyl (C=O) groups excluding carboxylic acids is 3. The molecule has 3 N–H and O–H groups in total. The van der Waals surface area contributed by atoms with E-state index in [2.05, 4.69) is 34.0 Å². The van der Waals surface area contributed by atoms with Gasteiger partial charge in [0.1, 0.15) is 6.10 Å². The average molecular weight is 376 g/mol. The molecule has 0 saturated carbocycles. The number of aliphatic hydroxyl groups is 1. The summed E-state index contributed by atoms with van der Waals surface area (Å²) in [5.41, 5.74) is 0. The van der Waals surface area contributed by atoms with Gasteiger partial charge in [0.15, 0.2) is 6.29 Å². The Morgan fingerprint density at radius 1 is 1.35 bits per heavy atom. The predicted octanol–water partition coefficient (Wildman–Crippen LogP) is 0.519. The van der Waals surface area contributed by atoms with E-state index >= 15 is 0 Å². The summed E-state index contributed by atoms with van der Waals surface area (Å²) in [5.74, 6) is 0.805. The molecule has 0 aromatic carbocycles. The first kappa shape index (κ1) is 26.7. The highest BCUT2D eigenvalue weighted by Gasteiger charge is 2.20. The Morgan fingerprint density at radius 3 is 2.23 bits per heavy atom. The molecular weight excluding hydrogens is 340 g/mol. The van der Waals surface area contributed by atoms with E-state index in [-0.39, 0.29) is 30.6 Å². The first-order chi connectivity index (χ1) is 12.4. The second-order valence-corrected chi connectivity index (χ2v) is 6.40. The molecule has 1 rings (SSSR count). The van der Waals surface area contributed by atoms with Gasteiger partial charge in [-0.15, -0.1) is 0 Å². The van der Waals surface area contributed by atoms with Crippen LogP contribution in [0.1, 0.15) is 40.5 Å². The van der Waals surface area contributed by atoms with Gasteiger partial charge in [-0.1, -0.05) is 20.8 Å². The van der Waals surface area contributed by atoms with Crippen molar-refractivity contribution in [1.29, 1.82) is 0 Å². The fraction of sp³-hybridized carbons (Fsp3) is 0.833. The lowest BCUT2D eigenvalue weighted by Crippen LogP contribution is -2.43. The second-order valence-electron chi connectivity index (χ2n) is 6.40. The van der Waals surface area contributed by atoms with E-state index in [9.17, 15) is 14.4 Å². The Kier molecular flexibility index (Phi) is 18.8. The number of aldehydes is 1. The van der Waals surface area contributed by atoms with Crippen LogP contribution in [0.2, 0.25) is 0 Å². The van der Waals surface area contributed by atoms with Crippen LogP contribution < -0.4 is 10.6 Å². The maximum atomic E-state index is 11.7. The Bertz CT molecular complexity index is 362. The summed E-state index contributed by atoms with van der Waals surface area (Å²) >= 11 is 0. The van der Waals surface area contributed by atoms with Crippen LogP contribution in [0.25, 0.3) is 0 Å². The summed E-state index contributed by atoms with van der Waals surface area (Å²) in [5, 5.41) is 14.8. The summed E-state index contributed by atoms with van der Waals surface area (Å²) in [6.45, 7) is 10.3. The Morgan fingerprint density at radius 2 is 1.96 bits per heavy atom. The summed E-state index contributed by atoms with van der Waals surface area (Å²) in [6.07, 6.45) is 2.42. The van der Waals surface area contributed by atoms with Crippen LogP contribution in [0.3, 0.4) is 0 Å². The van der Waals surface area contributed by atoms with Gasteiger partial charge in [-0.05, 0) is 38.6 Å². The van der Waals surface area contributed by atoms with Gasteiger partial charge in [-0.3, -0.25) is 9.59 Å². The van der Waals surface area contributed by atoms with Gasteiger partial charge in [0.25, 0.3) is 6.47 Å². The van der Waals surface area contributed by atoms with Crippen molar-refractivity contribution in [3.8, 4) is 0 Å². The van der Waals surface area contributed by atoms with Gasteiger partial charge in [-0.2, -0.15) is 0 Å². The zero-order valence-corrected chi connectivity index (χ0v) is 16.7. The minimum Gasteiger partial charge on any atom is -0.468 e. The maximum absolute atomic E-state index is 11.7. The number of hydrogen-bond acceptors (Lipinski definition) is 7. The van der Waals surface area contributed by atoms with Gasteiger partial charge in [0.05, 0.1) is 19.3 Å². The Balaban J connectivity index is 0. The molecule has 1 aliphatic heterocycles. The molecule has 154 valence electrons. The minimum atomic E-state index is -0.107. The first-order valence-corrected chi connectivity index (χ1v) is 9.04. The van der Waals surface area contributed by atoms with Gasteiger partial charge in [0, 0.05) is 13.2 Å². The first-order valence-electron chi connectivity index (χ1n) is 9.04. The largest absolute Gasteiger partial charge is 0.468 e.